The smallest absolute Gasteiger partial charge is 0.267 e. The van der Waals surface area contributed by atoms with Gasteiger partial charge < -0.3 is 0 Å². The summed E-state index contributed by atoms with van der Waals surface area (Å²) >= 11 is 0. The van der Waals surface area contributed by atoms with Gasteiger partial charge in [-0.3, -0.25) is 9.78 Å². The van der Waals surface area contributed by atoms with Gasteiger partial charge in [0, 0.05) is 22.7 Å². The van der Waals surface area contributed by atoms with Gasteiger partial charge in [0.1, 0.15) is 0 Å². The standard InChI is InChI=1S/C19H17N3O/c1-13-5-3-6-14(2)17(13)12-21-22-19(23)16-8-9-18-15(11-16)7-4-10-20-18/h3-12H,1-2H3,(H,22,23)/b21-12-. The topological polar surface area (TPSA) is 54.4 Å². The van der Waals surface area contributed by atoms with Crippen LogP contribution >= 0.6 is 0 Å². The Balaban J connectivity index is 1.77. The number of aryl methyl sites for hydroxylation is 2. The first kappa shape index (κ1) is 14.9. The Kier molecular flexibility index (Phi) is 4.15. The van der Waals surface area contributed by atoms with Gasteiger partial charge in [-0.25, -0.2) is 5.43 Å². The van der Waals surface area contributed by atoms with Crippen LogP contribution in [0.4, 0.5) is 0 Å². The molecule has 0 spiro atoms. The van der Waals surface area contributed by atoms with Crippen LogP contribution in [0.3, 0.4) is 0 Å². The van der Waals surface area contributed by atoms with E-state index >= 15 is 0 Å². The number of amides is 1. The molecule has 114 valence electrons. The van der Waals surface area contributed by atoms with Crippen molar-refractivity contribution in [3.05, 3.63) is 77.0 Å². The van der Waals surface area contributed by atoms with Gasteiger partial charge in [-0.2, -0.15) is 5.10 Å². The number of benzene rings is 2. The molecule has 1 heterocycles. The first-order valence-corrected chi connectivity index (χ1v) is 7.39. The van der Waals surface area contributed by atoms with E-state index < -0.39 is 0 Å². The zero-order chi connectivity index (χ0) is 16.2. The zero-order valence-corrected chi connectivity index (χ0v) is 13.1. The molecule has 0 radical (unpaired) electrons. The lowest BCUT2D eigenvalue weighted by Crippen LogP contribution is -2.17. The van der Waals surface area contributed by atoms with Crippen LogP contribution in [0.15, 0.2) is 59.8 Å². The number of hydrogen-bond donors (Lipinski definition) is 1. The van der Waals surface area contributed by atoms with Crippen molar-refractivity contribution >= 4 is 23.0 Å². The number of hydrogen-bond acceptors (Lipinski definition) is 3. The fourth-order valence-corrected chi connectivity index (χ4v) is 2.47. The summed E-state index contributed by atoms with van der Waals surface area (Å²) in [6.07, 6.45) is 3.42. The summed E-state index contributed by atoms with van der Waals surface area (Å²) in [4.78, 5) is 16.4. The molecule has 4 nitrogen and oxygen atoms in total. The van der Waals surface area contributed by atoms with Crippen LogP contribution in [0, 0.1) is 13.8 Å². The molecule has 0 aliphatic rings. The highest BCUT2D eigenvalue weighted by atomic mass is 16.2. The maximum absolute atomic E-state index is 12.2. The third kappa shape index (κ3) is 3.26. The van der Waals surface area contributed by atoms with E-state index in [0.29, 0.717) is 5.56 Å². The maximum Gasteiger partial charge on any atom is 0.271 e. The van der Waals surface area contributed by atoms with Crippen LogP contribution in [0.5, 0.6) is 0 Å². The fraction of sp³-hybridized carbons (Fsp3) is 0.105. The second kappa shape index (κ2) is 6.40. The van der Waals surface area contributed by atoms with Gasteiger partial charge in [-0.05, 0) is 49.2 Å². The van der Waals surface area contributed by atoms with Crippen LogP contribution in [0.2, 0.25) is 0 Å². The van der Waals surface area contributed by atoms with Crippen molar-refractivity contribution < 1.29 is 4.79 Å². The number of aromatic nitrogens is 1. The number of carbonyl (C=O) groups excluding carboxylic acids is 1. The summed E-state index contributed by atoms with van der Waals surface area (Å²) in [6, 6.07) is 15.2. The molecule has 0 aliphatic carbocycles. The second-order valence-corrected chi connectivity index (χ2v) is 5.42. The van der Waals surface area contributed by atoms with E-state index in [1.54, 1.807) is 18.5 Å². The van der Waals surface area contributed by atoms with Gasteiger partial charge in [-0.1, -0.05) is 24.3 Å². The minimum Gasteiger partial charge on any atom is -0.267 e. The Morgan fingerprint density at radius 3 is 2.65 bits per heavy atom. The van der Waals surface area contributed by atoms with Gasteiger partial charge in [0.15, 0.2) is 0 Å². The first-order chi connectivity index (χ1) is 11.1. The molecule has 1 amide bonds. The minimum atomic E-state index is -0.238. The number of nitrogens with zero attached hydrogens (tertiary/aromatic N) is 2. The molecule has 3 aromatic rings. The van der Waals surface area contributed by atoms with Crippen molar-refractivity contribution in [3.8, 4) is 0 Å². The number of hydrazone groups is 1. The Bertz CT molecular complexity index is 880. The molecular weight excluding hydrogens is 286 g/mol. The highest BCUT2D eigenvalue weighted by Gasteiger charge is 2.05. The summed E-state index contributed by atoms with van der Waals surface area (Å²) < 4.78 is 0. The van der Waals surface area contributed by atoms with Crippen molar-refractivity contribution in [1.29, 1.82) is 0 Å². The largest absolute Gasteiger partial charge is 0.271 e. The Morgan fingerprint density at radius 1 is 1.09 bits per heavy atom. The summed E-state index contributed by atoms with van der Waals surface area (Å²) in [5.74, 6) is -0.238. The predicted octanol–water partition coefficient (Wildman–Crippen LogP) is 3.62. The van der Waals surface area contributed by atoms with E-state index in [9.17, 15) is 4.79 Å². The van der Waals surface area contributed by atoms with E-state index in [2.05, 4.69) is 15.5 Å². The lowest BCUT2D eigenvalue weighted by Gasteiger charge is -2.04. The van der Waals surface area contributed by atoms with Gasteiger partial charge in [0.05, 0.1) is 11.7 Å². The lowest BCUT2D eigenvalue weighted by atomic mass is 10.0. The summed E-state index contributed by atoms with van der Waals surface area (Å²) in [6.45, 7) is 4.04. The first-order valence-electron chi connectivity index (χ1n) is 7.39. The van der Waals surface area contributed by atoms with Crippen LogP contribution in [-0.2, 0) is 0 Å². The highest BCUT2D eigenvalue weighted by molar-refractivity contribution is 5.98. The Labute approximate surface area is 134 Å². The molecule has 0 fully saturated rings. The quantitative estimate of drug-likeness (QED) is 0.593. The van der Waals surface area contributed by atoms with Crippen LogP contribution in [0.1, 0.15) is 27.0 Å². The molecule has 1 aromatic heterocycles. The summed E-state index contributed by atoms with van der Waals surface area (Å²) in [5.41, 5.74) is 7.27. The molecular formula is C19H17N3O. The maximum atomic E-state index is 12.2. The molecule has 0 atom stereocenters. The Hall–Kier alpha value is -3.01. The van der Waals surface area contributed by atoms with Crippen molar-refractivity contribution in [2.75, 3.05) is 0 Å². The molecule has 0 unspecified atom stereocenters. The Morgan fingerprint density at radius 2 is 1.87 bits per heavy atom. The zero-order valence-electron chi connectivity index (χ0n) is 13.1. The van der Waals surface area contributed by atoms with E-state index in [1.165, 1.54) is 0 Å². The van der Waals surface area contributed by atoms with Crippen molar-refractivity contribution in [2.24, 2.45) is 5.10 Å². The SMILES string of the molecule is Cc1cccc(C)c1/C=N\NC(=O)c1ccc2ncccc2c1. The van der Waals surface area contributed by atoms with Crippen LogP contribution in [-0.4, -0.2) is 17.1 Å². The minimum absolute atomic E-state index is 0.238. The molecule has 0 aliphatic heterocycles. The lowest BCUT2D eigenvalue weighted by molar-refractivity contribution is 0.0955. The molecule has 2 aromatic carbocycles. The van der Waals surface area contributed by atoms with E-state index in [4.69, 9.17) is 0 Å². The fourth-order valence-electron chi connectivity index (χ4n) is 2.47. The monoisotopic (exact) mass is 303 g/mol. The van der Waals surface area contributed by atoms with Crippen LogP contribution < -0.4 is 5.43 Å². The van der Waals surface area contributed by atoms with E-state index in [0.717, 1.165) is 27.6 Å². The molecule has 1 N–H and O–H groups in total. The van der Waals surface area contributed by atoms with Gasteiger partial charge in [0.2, 0.25) is 0 Å². The average molecular weight is 303 g/mol. The number of fused-ring (bicyclic) bond motifs is 1. The van der Waals surface area contributed by atoms with Crippen molar-refractivity contribution in [1.82, 2.24) is 10.4 Å². The molecule has 4 heteroatoms. The number of rotatable bonds is 3. The molecule has 0 saturated carbocycles. The van der Waals surface area contributed by atoms with Crippen molar-refractivity contribution in [3.63, 3.8) is 0 Å². The second-order valence-electron chi connectivity index (χ2n) is 5.42. The summed E-state index contributed by atoms with van der Waals surface area (Å²) in [7, 11) is 0. The van der Waals surface area contributed by atoms with Gasteiger partial charge >= 0.3 is 0 Å². The van der Waals surface area contributed by atoms with Gasteiger partial charge in [-0.15, -0.1) is 0 Å². The molecule has 0 bridgehead atoms. The number of nitrogens with one attached hydrogen (secondary N) is 1. The van der Waals surface area contributed by atoms with Crippen molar-refractivity contribution in [2.45, 2.75) is 13.8 Å². The number of pyridine rings is 1. The normalized spacial score (nSPS) is 11.0. The number of carbonyl (C=O) groups is 1. The third-order valence-electron chi connectivity index (χ3n) is 3.77. The van der Waals surface area contributed by atoms with Gasteiger partial charge in [0.25, 0.3) is 5.91 Å². The average Bonchev–Trinajstić information content (AvgIpc) is 2.57. The predicted molar refractivity (Wildman–Crippen MR) is 92.7 cm³/mol. The van der Waals surface area contributed by atoms with E-state index in [-0.39, 0.29) is 5.91 Å². The van der Waals surface area contributed by atoms with E-state index in [1.807, 2.05) is 56.3 Å². The molecule has 23 heavy (non-hydrogen) atoms. The third-order valence-corrected chi connectivity index (χ3v) is 3.77. The molecule has 3 rings (SSSR count). The molecule has 0 saturated heterocycles. The van der Waals surface area contributed by atoms with Crippen LogP contribution in [0.25, 0.3) is 10.9 Å². The highest BCUT2D eigenvalue weighted by Crippen LogP contribution is 2.13. The summed E-state index contributed by atoms with van der Waals surface area (Å²) in [5, 5.41) is 5.01.